The monoisotopic (exact) mass is 824 g/mol. The van der Waals surface area contributed by atoms with E-state index in [-0.39, 0.29) is 40.0 Å². The molecular formula is C43H68O15. The van der Waals surface area contributed by atoms with Crippen molar-refractivity contribution < 1.29 is 74.1 Å². The highest BCUT2D eigenvalue weighted by atomic mass is 16.7. The largest absolute Gasteiger partial charge is 0.481 e. The topological polar surface area (TPSA) is 242 Å². The maximum Gasteiger partial charge on any atom is 0.311 e. The highest BCUT2D eigenvalue weighted by Crippen LogP contribution is 2.76. The summed E-state index contributed by atoms with van der Waals surface area (Å²) in [6.45, 7) is 12.1. The lowest BCUT2D eigenvalue weighted by Crippen LogP contribution is -2.67. The third kappa shape index (κ3) is 6.38. The number of carbonyl (C=O) groups excluding carboxylic acids is 1. The van der Waals surface area contributed by atoms with Crippen LogP contribution in [0.15, 0.2) is 11.6 Å². The summed E-state index contributed by atoms with van der Waals surface area (Å²) in [6, 6.07) is 0. The number of aliphatic hydroxyl groups is 7. The second kappa shape index (κ2) is 15.2. The molecule has 2 aliphatic heterocycles. The lowest BCUT2D eigenvalue weighted by atomic mass is 9.33. The molecule has 4 saturated carbocycles. The number of aliphatic hydroxyl groups excluding tert-OH is 7. The number of hydrogen-bond donors (Lipinski definition) is 8. The van der Waals surface area contributed by atoms with Crippen molar-refractivity contribution in [2.75, 3.05) is 20.3 Å². The van der Waals surface area contributed by atoms with Gasteiger partial charge in [-0.3, -0.25) is 9.59 Å². The molecule has 5 aliphatic carbocycles. The molecule has 0 unspecified atom stereocenters. The summed E-state index contributed by atoms with van der Waals surface area (Å²) in [4.78, 5) is 26.3. The molecule has 0 aromatic heterocycles. The van der Waals surface area contributed by atoms with E-state index in [9.17, 15) is 50.4 Å². The van der Waals surface area contributed by atoms with Gasteiger partial charge in [-0.05, 0) is 111 Å². The summed E-state index contributed by atoms with van der Waals surface area (Å²) >= 11 is 0. The number of methoxy groups -OCH3 is 1. The van der Waals surface area contributed by atoms with Crippen molar-refractivity contribution in [3.05, 3.63) is 11.6 Å². The Morgan fingerprint density at radius 1 is 0.741 bits per heavy atom. The molecule has 0 aromatic carbocycles. The number of aliphatic carboxylic acids is 1. The Hall–Kier alpha value is -1.76. The van der Waals surface area contributed by atoms with Crippen LogP contribution in [0.1, 0.15) is 106 Å². The van der Waals surface area contributed by atoms with Crippen LogP contribution in [0.4, 0.5) is 0 Å². The number of carboxylic acids is 1. The molecule has 0 radical (unpaired) electrons. The van der Waals surface area contributed by atoms with Crippen molar-refractivity contribution >= 4 is 11.9 Å². The molecule has 58 heavy (non-hydrogen) atoms. The van der Waals surface area contributed by atoms with Crippen LogP contribution in [-0.2, 0) is 33.3 Å². The second-order valence-electron chi connectivity index (χ2n) is 20.6. The van der Waals surface area contributed by atoms with Crippen molar-refractivity contribution in [1.29, 1.82) is 0 Å². The molecule has 15 nitrogen and oxygen atoms in total. The molecule has 7 rings (SSSR count). The van der Waals surface area contributed by atoms with Gasteiger partial charge >= 0.3 is 11.9 Å². The van der Waals surface area contributed by atoms with Gasteiger partial charge in [0.1, 0.15) is 48.8 Å². The first-order valence-electron chi connectivity index (χ1n) is 21.4. The average Bonchev–Trinajstić information content (AvgIpc) is 3.18. The summed E-state index contributed by atoms with van der Waals surface area (Å²) in [7, 11) is 1.41. The number of esters is 1. The Bertz CT molecular complexity index is 1600. The Labute approximate surface area is 341 Å². The molecule has 7 aliphatic rings. The summed E-state index contributed by atoms with van der Waals surface area (Å²) < 4.78 is 29.1. The van der Waals surface area contributed by atoms with Gasteiger partial charge in [0.05, 0.1) is 37.3 Å². The van der Waals surface area contributed by atoms with Crippen LogP contribution < -0.4 is 0 Å². The standard InChI is InChI=1S/C43H68O15/c1-38(2)25-10-13-42(6)26(9-8-21-22-18-39(3,37(53)54-7)14-16-43(22,36(51)52)17-15-41(21,42)5)40(25,4)12-11-27(38)57-34-32(50)30(48)33(24(20-45)56-34)58-35-31(49)29(47)28(46)23(19-44)55-35/h8,22-35,44-50H,9-20H2,1-7H3,(H,51,52)/t22-,23+,24+,25-,26+,27-,28-,29-,30+,31+,32+,33+,34+,35-,39-,40-,41+,42+,43-/m0/s1. The minimum atomic E-state index is -1.76. The minimum absolute atomic E-state index is 0.112. The highest BCUT2D eigenvalue weighted by Gasteiger charge is 2.70. The predicted molar refractivity (Wildman–Crippen MR) is 204 cm³/mol. The third-order valence-electron chi connectivity index (χ3n) is 17.7. The number of fused-ring (bicyclic) bond motifs is 7. The Kier molecular flexibility index (Phi) is 11.6. The molecule has 19 atom stereocenters. The zero-order valence-corrected chi connectivity index (χ0v) is 35.1. The molecule has 0 bridgehead atoms. The number of carbonyl (C=O) groups is 2. The number of ether oxygens (including phenoxy) is 5. The quantitative estimate of drug-likeness (QED) is 0.0993. The molecule has 6 fully saturated rings. The SMILES string of the molecule is COC(=O)[C@@]1(C)CC[C@]2(C(=O)O)CC[C@]3(C)C(=CC[C@@H]4[C@@]5(C)CC[C@H](O[C@H]6O[C@H](CO)[C@@H](O[C@@H]7O[C@H](CO)[C@H](O)[C@H](O)[C@H]7O)[C@H](O)[C@H]6O)C(C)(C)[C@@H]5CC[C@]43C)[C@@H]2C1. The van der Waals surface area contributed by atoms with Crippen molar-refractivity contribution in [2.45, 2.75) is 173 Å². The number of hydrogen-bond acceptors (Lipinski definition) is 14. The van der Waals surface area contributed by atoms with Crippen molar-refractivity contribution in [3.8, 4) is 0 Å². The van der Waals surface area contributed by atoms with Gasteiger partial charge < -0.3 is 64.5 Å². The second-order valence-corrected chi connectivity index (χ2v) is 20.6. The molecule has 8 N–H and O–H groups in total. The summed E-state index contributed by atoms with van der Waals surface area (Å²) in [5.74, 6) is -0.805. The Morgan fingerprint density at radius 2 is 1.36 bits per heavy atom. The zero-order valence-electron chi connectivity index (χ0n) is 35.1. The van der Waals surface area contributed by atoms with E-state index in [0.717, 1.165) is 32.1 Å². The normalized spacial score (nSPS) is 52.6. The van der Waals surface area contributed by atoms with E-state index in [2.05, 4.69) is 40.7 Å². The zero-order chi connectivity index (χ0) is 42.5. The lowest BCUT2D eigenvalue weighted by molar-refractivity contribution is -0.368. The van der Waals surface area contributed by atoms with E-state index >= 15 is 0 Å². The molecule has 15 heteroatoms. The molecule has 0 spiro atoms. The minimum Gasteiger partial charge on any atom is -0.481 e. The lowest BCUT2D eigenvalue weighted by Gasteiger charge is -2.71. The Balaban J connectivity index is 1.10. The van der Waals surface area contributed by atoms with Gasteiger partial charge in [-0.1, -0.05) is 46.3 Å². The first-order valence-corrected chi connectivity index (χ1v) is 21.4. The summed E-state index contributed by atoms with van der Waals surface area (Å²) in [5, 5.41) is 84.3. The highest BCUT2D eigenvalue weighted by molar-refractivity contribution is 5.80. The fourth-order valence-corrected chi connectivity index (χ4v) is 13.9. The Morgan fingerprint density at radius 3 is 2.00 bits per heavy atom. The van der Waals surface area contributed by atoms with Crippen molar-refractivity contribution in [3.63, 3.8) is 0 Å². The van der Waals surface area contributed by atoms with E-state index in [0.29, 0.717) is 32.1 Å². The van der Waals surface area contributed by atoms with E-state index in [1.54, 1.807) is 0 Å². The summed E-state index contributed by atoms with van der Waals surface area (Å²) in [5.41, 5.74) is -1.36. The van der Waals surface area contributed by atoms with Crippen LogP contribution in [0, 0.1) is 50.2 Å². The van der Waals surface area contributed by atoms with Gasteiger partial charge in [0.25, 0.3) is 0 Å². The van der Waals surface area contributed by atoms with Gasteiger partial charge in [-0.25, -0.2) is 0 Å². The summed E-state index contributed by atoms with van der Waals surface area (Å²) in [6.07, 6.45) is -6.44. The van der Waals surface area contributed by atoms with Gasteiger partial charge in [0.2, 0.25) is 0 Å². The third-order valence-corrected chi connectivity index (χ3v) is 17.7. The maximum atomic E-state index is 13.2. The van der Waals surface area contributed by atoms with Crippen LogP contribution in [0.25, 0.3) is 0 Å². The van der Waals surface area contributed by atoms with Crippen LogP contribution >= 0.6 is 0 Å². The van der Waals surface area contributed by atoms with Crippen molar-refractivity contribution in [1.82, 2.24) is 0 Å². The van der Waals surface area contributed by atoms with Gasteiger partial charge in [0, 0.05) is 0 Å². The van der Waals surface area contributed by atoms with E-state index in [4.69, 9.17) is 23.7 Å². The van der Waals surface area contributed by atoms with Crippen LogP contribution in [0.3, 0.4) is 0 Å². The molecule has 0 aromatic rings. The van der Waals surface area contributed by atoms with Gasteiger partial charge in [-0.2, -0.15) is 0 Å². The van der Waals surface area contributed by atoms with Crippen molar-refractivity contribution in [2.24, 2.45) is 50.2 Å². The first kappa shape index (κ1) is 44.3. The van der Waals surface area contributed by atoms with E-state index in [1.807, 2.05) is 6.92 Å². The molecule has 330 valence electrons. The first-order chi connectivity index (χ1) is 27.1. The smallest absolute Gasteiger partial charge is 0.311 e. The molecule has 0 amide bonds. The maximum absolute atomic E-state index is 13.2. The van der Waals surface area contributed by atoms with Gasteiger partial charge in [0.15, 0.2) is 12.6 Å². The predicted octanol–water partition coefficient (Wildman–Crippen LogP) is 2.04. The number of carboxylic acid groups (broad SMARTS) is 1. The van der Waals surface area contributed by atoms with E-state index < -0.39 is 103 Å². The van der Waals surface area contributed by atoms with E-state index in [1.165, 1.54) is 12.7 Å². The molecule has 2 heterocycles. The van der Waals surface area contributed by atoms with Crippen LogP contribution in [0.5, 0.6) is 0 Å². The average molecular weight is 825 g/mol. The molecular weight excluding hydrogens is 756 g/mol. The van der Waals surface area contributed by atoms with Gasteiger partial charge in [-0.15, -0.1) is 0 Å². The van der Waals surface area contributed by atoms with Crippen LogP contribution in [-0.4, -0.2) is 141 Å². The van der Waals surface area contributed by atoms with Crippen LogP contribution in [0.2, 0.25) is 0 Å². The molecule has 2 saturated heterocycles. The number of rotatable bonds is 8. The fourth-order valence-electron chi connectivity index (χ4n) is 13.9. The number of allylic oxidation sites excluding steroid dienone is 2. The fraction of sp³-hybridized carbons (Fsp3) is 0.907.